The molecule has 0 aliphatic heterocycles. The van der Waals surface area contributed by atoms with E-state index in [-0.39, 0.29) is 0 Å². The highest BCUT2D eigenvalue weighted by molar-refractivity contribution is 5.81. The quantitative estimate of drug-likeness (QED) is 0.620. The zero-order valence-corrected chi connectivity index (χ0v) is 12.2. The summed E-state index contributed by atoms with van der Waals surface area (Å²) in [5.41, 5.74) is 0. The van der Waals surface area contributed by atoms with Crippen molar-refractivity contribution >= 4 is 5.78 Å². The number of carbonyl (C=O) groups excluding carboxylic acids is 1. The van der Waals surface area contributed by atoms with Gasteiger partial charge in [-0.3, -0.25) is 4.79 Å². The second kappa shape index (κ2) is 7.18. The van der Waals surface area contributed by atoms with E-state index in [1.165, 1.54) is 32.1 Å². The van der Waals surface area contributed by atoms with Crippen molar-refractivity contribution in [1.82, 2.24) is 0 Å². The number of Topliss-reactive ketones (excluding diaryl/α,β-unsaturated/α-hetero) is 1. The van der Waals surface area contributed by atoms with Crippen molar-refractivity contribution < 1.29 is 4.79 Å². The molecule has 0 N–H and O–H groups in total. The topological polar surface area (TPSA) is 17.1 Å². The molecular formula is C16H30O. The van der Waals surface area contributed by atoms with E-state index in [9.17, 15) is 4.79 Å². The van der Waals surface area contributed by atoms with E-state index in [4.69, 9.17) is 0 Å². The molecule has 0 bridgehead atoms. The average Bonchev–Trinajstić information content (AvgIpc) is 2.68. The third-order valence-electron chi connectivity index (χ3n) is 4.19. The number of carbonyl (C=O) groups is 1. The lowest BCUT2D eigenvalue weighted by Gasteiger charge is -2.22. The molecule has 0 amide bonds. The Morgan fingerprint density at radius 2 is 1.71 bits per heavy atom. The van der Waals surface area contributed by atoms with Crippen molar-refractivity contribution in [1.29, 1.82) is 0 Å². The minimum Gasteiger partial charge on any atom is -0.299 e. The Morgan fingerprint density at radius 1 is 1.12 bits per heavy atom. The van der Waals surface area contributed by atoms with Crippen LogP contribution >= 0.6 is 0 Å². The lowest BCUT2D eigenvalue weighted by molar-refractivity contribution is -0.125. The van der Waals surface area contributed by atoms with Crippen LogP contribution in [0.1, 0.15) is 72.6 Å². The maximum absolute atomic E-state index is 12.2. The van der Waals surface area contributed by atoms with Crippen molar-refractivity contribution in [2.24, 2.45) is 23.7 Å². The molecule has 1 aliphatic rings. The Balaban J connectivity index is 2.39. The van der Waals surface area contributed by atoms with Gasteiger partial charge in [0, 0.05) is 12.3 Å². The molecule has 100 valence electrons. The first-order valence-electron chi connectivity index (χ1n) is 7.53. The zero-order valence-electron chi connectivity index (χ0n) is 12.2. The SMILES string of the molecule is CC(C)CC(=O)C(CCC1CCCC1)C(C)C. The highest BCUT2D eigenvalue weighted by Crippen LogP contribution is 2.32. The molecule has 0 saturated heterocycles. The molecular weight excluding hydrogens is 208 g/mol. The second-order valence-corrected chi connectivity index (χ2v) is 6.64. The van der Waals surface area contributed by atoms with Crippen LogP contribution in [0.25, 0.3) is 0 Å². The summed E-state index contributed by atoms with van der Waals surface area (Å²) < 4.78 is 0. The van der Waals surface area contributed by atoms with Gasteiger partial charge in [0.2, 0.25) is 0 Å². The molecule has 17 heavy (non-hydrogen) atoms. The molecule has 1 aliphatic carbocycles. The van der Waals surface area contributed by atoms with Crippen LogP contribution in [0.2, 0.25) is 0 Å². The lowest BCUT2D eigenvalue weighted by atomic mass is 9.82. The molecule has 1 heteroatoms. The van der Waals surface area contributed by atoms with Crippen LogP contribution in [-0.4, -0.2) is 5.78 Å². The number of rotatable bonds is 7. The Morgan fingerprint density at radius 3 is 2.18 bits per heavy atom. The molecule has 1 fully saturated rings. The molecule has 0 heterocycles. The molecule has 1 unspecified atom stereocenters. The zero-order chi connectivity index (χ0) is 12.8. The average molecular weight is 238 g/mol. The van der Waals surface area contributed by atoms with Crippen molar-refractivity contribution in [3.63, 3.8) is 0 Å². The second-order valence-electron chi connectivity index (χ2n) is 6.64. The molecule has 0 aromatic heterocycles. The van der Waals surface area contributed by atoms with E-state index in [0.717, 1.165) is 18.8 Å². The fourth-order valence-corrected chi connectivity index (χ4v) is 3.13. The lowest BCUT2D eigenvalue weighted by Crippen LogP contribution is -2.22. The molecule has 0 spiro atoms. The van der Waals surface area contributed by atoms with Crippen LogP contribution in [-0.2, 0) is 4.79 Å². The van der Waals surface area contributed by atoms with Gasteiger partial charge in [0.15, 0.2) is 0 Å². The standard InChI is InChI=1S/C16H30O/c1-12(2)11-16(17)15(13(3)4)10-9-14-7-5-6-8-14/h12-15H,5-11H2,1-4H3. The van der Waals surface area contributed by atoms with Crippen molar-refractivity contribution in [3.8, 4) is 0 Å². The molecule has 1 rings (SSSR count). The predicted molar refractivity (Wildman–Crippen MR) is 74.0 cm³/mol. The van der Waals surface area contributed by atoms with E-state index in [0.29, 0.717) is 23.5 Å². The smallest absolute Gasteiger partial charge is 0.136 e. The van der Waals surface area contributed by atoms with Gasteiger partial charge in [-0.2, -0.15) is 0 Å². The Kier molecular flexibility index (Phi) is 6.22. The third-order valence-corrected chi connectivity index (χ3v) is 4.19. The molecule has 1 saturated carbocycles. The van der Waals surface area contributed by atoms with Gasteiger partial charge in [-0.1, -0.05) is 53.4 Å². The van der Waals surface area contributed by atoms with Gasteiger partial charge in [0.05, 0.1) is 0 Å². The highest BCUT2D eigenvalue weighted by Gasteiger charge is 2.24. The van der Waals surface area contributed by atoms with Gasteiger partial charge in [0.25, 0.3) is 0 Å². The Bertz CT molecular complexity index is 224. The highest BCUT2D eigenvalue weighted by atomic mass is 16.1. The molecule has 0 radical (unpaired) electrons. The van der Waals surface area contributed by atoms with Gasteiger partial charge in [-0.25, -0.2) is 0 Å². The van der Waals surface area contributed by atoms with Gasteiger partial charge < -0.3 is 0 Å². The van der Waals surface area contributed by atoms with Crippen molar-refractivity contribution in [2.75, 3.05) is 0 Å². The summed E-state index contributed by atoms with van der Waals surface area (Å²) >= 11 is 0. The first-order valence-corrected chi connectivity index (χ1v) is 7.53. The van der Waals surface area contributed by atoms with Gasteiger partial charge in [-0.05, 0) is 30.6 Å². The maximum atomic E-state index is 12.2. The predicted octanol–water partition coefficient (Wildman–Crippen LogP) is 4.84. The van der Waals surface area contributed by atoms with Gasteiger partial charge >= 0.3 is 0 Å². The van der Waals surface area contributed by atoms with Crippen LogP contribution in [0, 0.1) is 23.7 Å². The number of hydrogen-bond acceptors (Lipinski definition) is 1. The van der Waals surface area contributed by atoms with Crippen molar-refractivity contribution in [3.05, 3.63) is 0 Å². The number of ketones is 1. The van der Waals surface area contributed by atoms with E-state index in [1.807, 2.05) is 0 Å². The largest absolute Gasteiger partial charge is 0.299 e. The summed E-state index contributed by atoms with van der Waals surface area (Å²) in [5.74, 6) is 2.77. The van der Waals surface area contributed by atoms with E-state index < -0.39 is 0 Å². The van der Waals surface area contributed by atoms with Crippen molar-refractivity contribution in [2.45, 2.75) is 72.6 Å². The fourth-order valence-electron chi connectivity index (χ4n) is 3.13. The summed E-state index contributed by atoms with van der Waals surface area (Å²) in [5, 5.41) is 0. The monoisotopic (exact) mass is 238 g/mol. The minimum absolute atomic E-state index is 0.318. The third kappa shape index (κ3) is 5.23. The van der Waals surface area contributed by atoms with E-state index in [2.05, 4.69) is 27.7 Å². The molecule has 0 aromatic carbocycles. The summed E-state index contributed by atoms with van der Waals surface area (Å²) in [4.78, 5) is 12.2. The van der Waals surface area contributed by atoms with Crippen LogP contribution in [0.3, 0.4) is 0 Å². The van der Waals surface area contributed by atoms with Crippen LogP contribution in [0.15, 0.2) is 0 Å². The summed E-state index contributed by atoms with van der Waals surface area (Å²) in [7, 11) is 0. The van der Waals surface area contributed by atoms with Crippen LogP contribution in [0.5, 0.6) is 0 Å². The normalized spacial score (nSPS) is 19.2. The molecule has 1 atom stereocenters. The number of hydrogen-bond donors (Lipinski definition) is 0. The summed E-state index contributed by atoms with van der Waals surface area (Å²) in [6, 6.07) is 0. The Hall–Kier alpha value is -0.330. The van der Waals surface area contributed by atoms with Gasteiger partial charge in [0.1, 0.15) is 5.78 Å². The fraction of sp³-hybridized carbons (Fsp3) is 0.938. The maximum Gasteiger partial charge on any atom is 0.136 e. The minimum atomic E-state index is 0.318. The van der Waals surface area contributed by atoms with E-state index in [1.54, 1.807) is 0 Å². The van der Waals surface area contributed by atoms with E-state index >= 15 is 0 Å². The first-order chi connectivity index (χ1) is 8.00. The van der Waals surface area contributed by atoms with Gasteiger partial charge in [-0.15, -0.1) is 0 Å². The summed E-state index contributed by atoms with van der Waals surface area (Å²) in [6.45, 7) is 8.70. The molecule has 0 aromatic rings. The Labute approximate surface area is 107 Å². The first kappa shape index (κ1) is 14.7. The summed E-state index contributed by atoms with van der Waals surface area (Å²) in [6.07, 6.45) is 8.83. The van der Waals surface area contributed by atoms with Crippen LogP contribution < -0.4 is 0 Å². The molecule has 1 nitrogen and oxygen atoms in total. The van der Waals surface area contributed by atoms with Crippen LogP contribution in [0.4, 0.5) is 0 Å².